The van der Waals surface area contributed by atoms with Crippen molar-refractivity contribution in [1.82, 2.24) is 10.6 Å². The number of rotatable bonds is 50. The first-order valence-corrected chi connectivity index (χ1v) is 32.9. The summed E-state index contributed by atoms with van der Waals surface area (Å²) in [6, 6.07) is -2.48. The van der Waals surface area contributed by atoms with Crippen LogP contribution in [0.5, 0.6) is 0 Å². The van der Waals surface area contributed by atoms with Crippen LogP contribution in [-0.4, -0.2) is 153 Å². The molecule has 0 radical (unpaired) electrons. The van der Waals surface area contributed by atoms with Crippen LogP contribution in [0.2, 0.25) is 0 Å². The summed E-state index contributed by atoms with van der Waals surface area (Å²) in [5.74, 6) is -1.18. The van der Waals surface area contributed by atoms with Gasteiger partial charge in [-0.1, -0.05) is 168 Å². The first-order valence-electron chi connectivity index (χ1n) is 30.7. The molecule has 2 rings (SSSR count). The van der Waals surface area contributed by atoms with Gasteiger partial charge in [0.1, 0.15) is 48.6 Å². The Labute approximate surface area is 481 Å². The Morgan fingerprint density at radius 2 is 1.12 bits per heavy atom. The fraction of sp³-hybridized carbons (Fsp3) is 0.930. The predicted molar refractivity (Wildman–Crippen MR) is 306 cm³/mol. The van der Waals surface area contributed by atoms with Gasteiger partial charge in [-0.25, -0.2) is 14.4 Å². The minimum Gasteiger partial charge on any atom is -0.396 e. The van der Waals surface area contributed by atoms with E-state index in [2.05, 4.69) is 48.2 Å². The van der Waals surface area contributed by atoms with E-state index in [-0.39, 0.29) is 51.0 Å². The average Bonchev–Trinajstić information content (AvgIpc) is 3.54. The summed E-state index contributed by atoms with van der Waals surface area (Å²) in [4.78, 5) is 45.5. The number of aliphatic hydroxyl groups excluding tert-OH is 5. The molecule has 23 heteroatoms. The van der Waals surface area contributed by atoms with Crippen LogP contribution < -0.4 is 10.6 Å². The fourth-order valence-corrected chi connectivity index (χ4v) is 10.5. The Balaban J connectivity index is 0.00000772. The molecule has 2 heterocycles. The van der Waals surface area contributed by atoms with Crippen molar-refractivity contribution in [3.8, 4) is 0 Å². The standard InChI is InChI=1S/C57H109N2O16P.HO3P/c1-5-9-12-15-17-19-20-21-22-23-24-25-26-29-32-35-48(63)58-50-54(71-40-37-44(42-61)34-31-28-14-11-7-3)52(65)46(36-38-60)73-56(50)72-43-47-53(66)55(70-39-33-30-27-18-16-13-10-6-2)51(57(74-47)75-76(67,68)69)59-49(64)41-45(62)8-4;1-3-4-2/h19-20,44,46-48,50-58,60-61,63,65-66H,5-18,21-43H2,1-4H3,(H,59,64)(H2,67,68,69);1H/b20-19-;/t44-,46-,47-,48-,50-,51-,52-,53-,54-,55-,56-,57-;/m1./s1. The smallest absolute Gasteiger partial charge is 0.396 e. The van der Waals surface area contributed by atoms with Crippen LogP contribution in [0.25, 0.3) is 0 Å². The highest BCUT2D eigenvalue weighted by atomic mass is 31.2. The minimum atomic E-state index is -5.31. The minimum absolute atomic E-state index is 0.000327. The number of carbonyl (C=O) groups excluding carboxylic acids is 2. The van der Waals surface area contributed by atoms with E-state index in [4.69, 9.17) is 38.0 Å². The second kappa shape index (κ2) is 49.8. The van der Waals surface area contributed by atoms with Gasteiger partial charge in [-0.3, -0.25) is 19.4 Å². The number of Topliss-reactive ketones (excluding diaryl/α,β-unsaturated/α-hetero) is 1. The van der Waals surface area contributed by atoms with Crippen molar-refractivity contribution < 1.29 is 92.2 Å². The lowest BCUT2D eigenvalue weighted by molar-refractivity contribution is -0.302. The van der Waals surface area contributed by atoms with Crippen LogP contribution in [0.3, 0.4) is 0 Å². The molecular formula is C57H110N2O19P2. The number of phosphoric ester groups is 1. The Morgan fingerprint density at radius 1 is 0.637 bits per heavy atom. The zero-order valence-electron chi connectivity index (χ0n) is 49.2. The summed E-state index contributed by atoms with van der Waals surface area (Å²) in [6.45, 7) is 7.57. The van der Waals surface area contributed by atoms with Crippen molar-refractivity contribution in [3.05, 3.63) is 12.2 Å². The van der Waals surface area contributed by atoms with Gasteiger partial charge in [0.15, 0.2) is 12.6 Å². The second-order valence-electron chi connectivity index (χ2n) is 21.6. The van der Waals surface area contributed by atoms with Crippen LogP contribution in [-0.2, 0) is 51.6 Å². The van der Waals surface area contributed by atoms with Crippen molar-refractivity contribution in [2.45, 2.75) is 301 Å². The average molecular weight is 1190 g/mol. The Kier molecular flexibility index (Phi) is 47.7. The largest absolute Gasteiger partial charge is 0.472 e. The number of amides is 1. The normalized spacial score (nSPS) is 24.2. The van der Waals surface area contributed by atoms with Gasteiger partial charge in [-0.15, -0.1) is 4.67 Å². The zero-order chi connectivity index (χ0) is 59.2. The van der Waals surface area contributed by atoms with Gasteiger partial charge in [0.25, 0.3) is 0 Å². The molecule has 2 saturated heterocycles. The molecule has 80 heavy (non-hydrogen) atoms. The number of unbranched alkanes of at least 4 members (excludes halogenated alkanes) is 22. The van der Waals surface area contributed by atoms with Crippen molar-refractivity contribution in [3.63, 3.8) is 0 Å². The number of phosphoric acid groups is 1. The topological polar surface area (TPSA) is 319 Å². The van der Waals surface area contributed by atoms with Gasteiger partial charge in [0.05, 0.1) is 25.2 Å². The lowest BCUT2D eigenvalue weighted by Gasteiger charge is -2.47. The van der Waals surface area contributed by atoms with E-state index in [0.717, 1.165) is 122 Å². The number of hydrogen-bond donors (Lipinski definition) is 10. The van der Waals surface area contributed by atoms with Crippen LogP contribution in [0.15, 0.2) is 12.2 Å². The van der Waals surface area contributed by atoms with E-state index >= 15 is 0 Å². The van der Waals surface area contributed by atoms with E-state index in [1.165, 1.54) is 44.9 Å². The van der Waals surface area contributed by atoms with Crippen molar-refractivity contribution in [1.29, 1.82) is 0 Å². The second-order valence-corrected chi connectivity index (χ2v) is 23.1. The summed E-state index contributed by atoms with van der Waals surface area (Å²) in [6.07, 6.45) is 22.1. The third-order valence-corrected chi connectivity index (χ3v) is 15.3. The zero-order valence-corrected chi connectivity index (χ0v) is 51.0. The Bertz CT molecular complexity index is 1590. The van der Waals surface area contributed by atoms with E-state index in [0.29, 0.717) is 19.3 Å². The van der Waals surface area contributed by atoms with E-state index < -0.39 is 103 Å². The molecule has 12 atom stereocenters. The number of allylic oxidation sites excluding steroid dienone is 2. The highest BCUT2D eigenvalue weighted by Crippen LogP contribution is 2.41. The molecule has 0 unspecified atom stereocenters. The molecule has 472 valence electrons. The van der Waals surface area contributed by atoms with Crippen LogP contribution in [0.4, 0.5) is 0 Å². The third-order valence-electron chi connectivity index (χ3n) is 14.8. The van der Waals surface area contributed by atoms with Crippen molar-refractivity contribution >= 4 is 28.2 Å². The Hall–Kier alpha value is -1.43. The van der Waals surface area contributed by atoms with Crippen LogP contribution in [0.1, 0.15) is 233 Å². The molecule has 0 bridgehead atoms. The SMILES string of the molecule is CCCCCC/C=C\CCCCCCCCC[C@@H](O)N[C@H]1[C@H](OC[C@H]2O[C@H](OP(=O)(O)O)[C@H](NC(=O)CC(=O)CC)[C@@H](OCCCCCCCCCC)[C@@H]2O)O[C@H](CCO)[C@@H](O)[C@@H]1OCC[C@H](CO)CCCCCCC.O=POO. The molecule has 2 aliphatic rings. The summed E-state index contributed by atoms with van der Waals surface area (Å²) in [7, 11) is -6.00. The van der Waals surface area contributed by atoms with Gasteiger partial charge in [-0.2, -0.15) is 0 Å². The first-order chi connectivity index (χ1) is 38.6. The maximum atomic E-state index is 13.2. The van der Waals surface area contributed by atoms with E-state index in [9.17, 15) is 49.5 Å². The molecule has 0 spiro atoms. The maximum Gasteiger partial charge on any atom is 0.472 e. The molecule has 0 saturated carbocycles. The third kappa shape index (κ3) is 36.4. The molecular weight excluding hydrogens is 1080 g/mol. The molecule has 0 aliphatic carbocycles. The number of hydrogen-bond acceptors (Lipinski definition) is 18. The van der Waals surface area contributed by atoms with Gasteiger partial charge in [0.2, 0.25) is 5.91 Å². The number of ketones is 1. The molecule has 2 aliphatic heterocycles. The van der Waals surface area contributed by atoms with Gasteiger partial charge in [0, 0.05) is 32.8 Å². The molecule has 0 aromatic heterocycles. The molecule has 0 aromatic carbocycles. The lowest BCUT2D eigenvalue weighted by atomic mass is 9.93. The maximum absolute atomic E-state index is 13.2. The molecule has 2 fully saturated rings. The number of ether oxygens (including phenoxy) is 5. The summed E-state index contributed by atoms with van der Waals surface area (Å²) in [5, 5.41) is 68.5. The van der Waals surface area contributed by atoms with Gasteiger partial charge >= 0.3 is 16.5 Å². The summed E-state index contributed by atoms with van der Waals surface area (Å²) < 4.78 is 60.7. The first kappa shape index (κ1) is 76.6. The van der Waals surface area contributed by atoms with E-state index in [1.54, 1.807) is 6.92 Å². The lowest BCUT2D eigenvalue weighted by Crippen LogP contribution is -2.67. The summed E-state index contributed by atoms with van der Waals surface area (Å²) >= 11 is 0. The molecule has 0 aromatic rings. The quantitative estimate of drug-likeness (QED) is 0.00515. The highest BCUT2D eigenvalue weighted by molar-refractivity contribution is 7.46. The summed E-state index contributed by atoms with van der Waals surface area (Å²) in [5.41, 5.74) is 0. The Morgan fingerprint density at radius 3 is 1.66 bits per heavy atom. The van der Waals surface area contributed by atoms with Crippen LogP contribution >= 0.6 is 16.5 Å². The molecule has 1 amide bonds. The number of aliphatic hydroxyl groups is 5. The monoisotopic (exact) mass is 1190 g/mol. The predicted octanol–water partition coefficient (Wildman–Crippen LogP) is 9.79. The van der Waals surface area contributed by atoms with E-state index in [1.807, 2.05) is 0 Å². The fourth-order valence-electron chi connectivity index (χ4n) is 10.1. The molecule has 10 N–H and O–H groups in total. The van der Waals surface area contributed by atoms with Crippen molar-refractivity contribution in [2.24, 2.45) is 5.92 Å². The number of carbonyl (C=O) groups is 2. The number of nitrogens with one attached hydrogen (secondary N) is 2. The molecule has 21 nitrogen and oxygen atoms in total. The highest BCUT2D eigenvalue weighted by Gasteiger charge is 2.51. The van der Waals surface area contributed by atoms with Gasteiger partial charge < -0.3 is 64.3 Å². The van der Waals surface area contributed by atoms with Crippen molar-refractivity contribution in [2.75, 3.05) is 33.0 Å². The van der Waals surface area contributed by atoms with Gasteiger partial charge in [-0.05, 0) is 70.1 Å². The van der Waals surface area contributed by atoms with Crippen LogP contribution in [0, 0.1) is 5.92 Å².